The molecule has 1 aromatic carbocycles. The monoisotopic (exact) mass is 277 g/mol. The minimum absolute atomic E-state index is 0.152. The van der Waals surface area contributed by atoms with Gasteiger partial charge >= 0.3 is 0 Å². The van der Waals surface area contributed by atoms with Gasteiger partial charge in [0.05, 0.1) is 11.6 Å². The van der Waals surface area contributed by atoms with Gasteiger partial charge in [-0.1, -0.05) is 18.2 Å². The molecule has 0 aromatic heterocycles. The molecule has 0 aliphatic carbocycles. The first kappa shape index (κ1) is 15.5. The highest BCUT2D eigenvalue weighted by molar-refractivity contribution is 5.37. The van der Waals surface area contributed by atoms with Gasteiger partial charge in [-0.2, -0.15) is 0 Å². The fourth-order valence-electron chi connectivity index (χ4n) is 3.31. The Morgan fingerprint density at radius 3 is 2.60 bits per heavy atom. The van der Waals surface area contributed by atoms with Gasteiger partial charge in [-0.05, 0) is 44.5 Å². The molecule has 1 aromatic rings. The molecule has 1 atom stereocenters. The molecule has 112 valence electrons. The number of hydrogen-bond donors (Lipinski definition) is 1. The van der Waals surface area contributed by atoms with Crippen LogP contribution >= 0.6 is 0 Å². The molecule has 1 N–H and O–H groups in total. The van der Waals surface area contributed by atoms with E-state index < -0.39 is 0 Å². The predicted molar refractivity (Wildman–Crippen MR) is 82.1 cm³/mol. The van der Waals surface area contributed by atoms with Crippen LogP contribution in [-0.2, 0) is 9.47 Å². The van der Waals surface area contributed by atoms with E-state index in [1.807, 2.05) is 7.05 Å². The molecule has 1 heterocycles. The number of rotatable bonds is 5. The highest BCUT2D eigenvalue weighted by Crippen LogP contribution is 2.39. The summed E-state index contributed by atoms with van der Waals surface area (Å²) < 4.78 is 11.8. The van der Waals surface area contributed by atoms with Crippen LogP contribution in [0.25, 0.3) is 0 Å². The standard InChI is InChI=1S/C17H27NO2/c1-5-20-17(9-11-19-12-10-17)16(18-4)15-8-6-7-13(2)14(15)3/h6-8,16,18H,5,9-12H2,1-4H3. The third-order valence-electron chi connectivity index (χ3n) is 4.54. The van der Waals surface area contributed by atoms with Crippen molar-refractivity contribution in [2.75, 3.05) is 26.9 Å². The number of aryl methyl sites for hydroxylation is 1. The first-order chi connectivity index (χ1) is 9.64. The van der Waals surface area contributed by atoms with Gasteiger partial charge in [-0.15, -0.1) is 0 Å². The van der Waals surface area contributed by atoms with Crippen molar-refractivity contribution >= 4 is 0 Å². The van der Waals surface area contributed by atoms with Crippen molar-refractivity contribution in [1.82, 2.24) is 5.32 Å². The minimum Gasteiger partial charge on any atom is -0.381 e. The molecule has 1 unspecified atom stereocenters. The first-order valence-corrected chi connectivity index (χ1v) is 7.59. The molecule has 0 saturated carbocycles. The van der Waals surface area contributed by atoms with Crippen LogP contribution in [0.1, 0.15) is 42.5 Å². The molecule has 0 bridgehead atoms. The third-order valence-corrected chi connectivity index (χ3v) is 4.54. The Labute approximate surface area is 122 Å². The second-order valence-corrected chi connectivity index (χ2v) is 5.62. The lowest BCUT2D eigenvalue weighted by Crippen LogP contribution is -2.49. The maximum atomic E-state index is 6.23. The van der Waals surface area contributed by atoms with Gasteiger partial charge in [0, 0.05) is 32.7 Å². The maximum Gasteiger partial charge on any atom is 0.0919 e. The van der Waals surface area contributed by atoms with E-state index in [0.717, 1.165) is 32.7 Å². The van der Waals surface area contributed by atoms with E-state index in [-0.39, 0.29) is 11.6 Å². The highest BCUT2D eigenvalue weighted by atomic mass is 16.5. The van der Waals surface area contributed by atoms with Crippen LogP contribution in [0.3, 0.4) is 0 Å². The number of hydrogen-bond acceptors (Lipinski definition) is 3. The summed E-state index contributed by atoms with van der Waals surface area (Å²) in [6, 6.07) is 6.75. The van der Waals surface area contributed by atoms with Crippen LogP contribution in [0, 0.1) is 13.8 Å². The minimum atomic E-state index is -0.152. The zero-order chi connectivity index (χ0) is 14.6. The maximum absolute atomic E-state index is 6.23. The molecule has 0 amide bonds. The zero-order valence-corrected chi connectivity index (χ0v) is 13.2. The van der Waals surface area contributed by atoms with Crippen molar-refractivity contribution in [2.24, 2.45) is 0 Å². The Hall–Kier alpha value is -0.900. The summed E-state index contributed by atoms with van der Waals surface area (Å²) >= 11 is 0. The largest absolute Gasteiger partial charge is 0.381 e. The lowest BCUT2D eigenvalue weighted by Gasteiger charge is -2.43. The fourth-order valence-corrected chi connectivity index (χ4v) is 3.31. The third kappa shape index (κ3) is 2.90. The summed E-state index contributed by atoms with van der Waals surface area (Å²) in [6.07, 6.45) is 1.89. The average molecular weight is 277 g/mol. The van der Waals surface area contributed by atoms with Crippen molar-refractivity contribution in [2.45, 2.75) is 45.3 Å². The van der Waals surface area contributed by atoms with Crippen molar-refractivity contribution in [3.8, 4) is 0 Å². The quantitative estimate of drug-likeness (QED) is 0.897. The lowest BCUT2D eigenvalue weighted by molar-refractivity contribution is -0.127. The molecule has 3 nitrogen and oxygen atoms in total. The average Bonchev–Trinajstić information content (AvgIpc) is 2.45. The molecule has 1 aliphatic heterocycles. The van der Waals surface area contributed by atoms with Gasteiger partial charge < -0.3 is 14.8 Å². The molecule has 1 saturated heterocycles. The van der Waals surface area contributed by atoms with E-state index in [4.69, 9.17) is 9.47 Å². The summed E-state index contributed by atoms with van der Waals surface area (Å²) in [7, 11) is 2.03. The topological polar surface area (TPSA) is 30.5 Å². The van der Waals surface area contributed by atoms with Gasteiger partial charge in [0.2, 0.25) is 0 Å². The second-order valence-electron chi connectivity index (χ2n) is 5.62. The number of ether oxygens (including phenoxy) is 2. The zero-order valence-electron chi connectivity index (χ0n) is 13.2. The Morgan fingerprint density at radius 2 is 2.00 bits per heavy atom. The SMILES string of the molecule is CCOC1(C(NC)c2cccc(C)c2C)CCOCC1. The molecule has 1 fully saturated rings. The molecular weight excluding hydrogens is 250 g/mol. The summed E-state index contributed by atoms with van der Waals surface area (Å²) in [4.78, 5) is 0. The molecule has 20 heavy (non-hydrogen) atoms. The molecule has 0 spiro atoms. The van der Waals surface area contributed by atoms with Crippen LogP contribution < -0.4 is 5.32 Å². The van der Waals surface area contributed by atoms with Crippen LogP contribution in [0.4, 0.5) is 0 Å². The highest BCUT2D eigenvalue weighted by Gasteiger charge is 2.41. The molecule has 2 rings (SSSR count). The van der Waals surface area contributed by atoms with Crippen molar-refractivity contribution in [3.63, 3.8) is 0 Å². The van der Waals surface area contributed by atoms with Crippen molar-refractivity contribution in [3.05, 3.63) is 34.9 Å². The van der Waals surface area contributed by atoms with Crippen LogP contribution in [0.15, 0.2) is 18.2 Å². The van der Waals surface area contributed by atoms with E-state index in [9.17, 15) is 0 Å². The van der Waals surface area contributed by atoms with Gasteiger partial charge in [-0.25, -0.2) is 0 Å². The van der Waals surface area contributed by atoms with Gasteiger partial charge in [-0.3, -0.25) is 0 Å². The second kappa shape index (κ2) is 6.70. The number of nitrogens with one attached hydrogen (secondary N) is 1. The Balaban J connectivity index is 2.39. The Morgan fingerprint density at radius 1 is 1.30 bits per heavy atom. The van der Waals surface area contributed by atoms with Gasteiger partial charge in [0.1, 0.15) is 0 Å². The van der Waals surface area contributed by atoms with Crippen LogP contribution in [0.5, 0.6) is 0 Å². The number of benzene rings is 1. The predicted octanol–water partition coefficient (Wildman–Crippen LogP) is 3.15. The Bertz CT molecular complexity index is 433. The molecule has 3 heteroatoms. The normalized spacial score (nSPS) is 19.8. The Kier molecular flexibility index (Phi) is 5.19. The lowest BCUT2D eigenvalue weighted by atomic mass is 9.80. The van der Waals surface area contributed by atoms with Crippen molar-refractivity contribution < 1.29 is 9.47 Å². The molecule has 0 radical (unpaired) electrons. The molecular formula is C17H27NO2. The van der Waals surface area contributed by atoms with E-state index in [0.29, 0.717) is 0 Å². The smallest absolute Gasteiger partial charge is 0.0919 e. The summed E-state index contributed by atoms with van der Waals surface area (Å²) in [5.41, 5.74) is 3.89. The van der Waals surface area contributed by atoms with E-state index >= 15 is 0 Å². The summed E-state index contributed by atoms with van der Waals surface area (Å²) in [6.45, 7) is 8.75. The van der Waals surface area contributed by atoms with E-state index in [1.165, 1.54) is 16.7 Å². The van der Waals surface area contributed by atoms with Gasteiger partial charge in [0.15, 0.2) is 0 Å². The van der Waals surface area contributed by atoms with Gasteiger partial charge in [0.25, 0.3) is 0 Å². The number of likely N-dealkylation sites (N-methyl/N-ethyl adjacent to an activating group) is 1. The van der Waals surface area contributed by atoms with Crippen LogP contribution in [0.2, 0.25) is 0 Å². The summed E-state index contributed by atoms with van der Waals surface area (Å²) in [5, 5.41) is 3.50. The van der Waals surface area contributed by atoms with E-state index in [2.05, 4.69) is 44.3 Å². The first-order valence-electron chi connectivity index (χ1n) is 7.59. The van der Waals surface area contributed by atoms with Crippen LogP contribution in [-0.4, -0.2) is 32.5 Å². The summed E-state index contributed by atoms with van der Waals surface area (Å²) in [5.74, 6) is 0. The van der Waals surface area contributed by atoms with Crippen molar-refractivity contribution in [1.29, 1.82) is 0 Å². The van der Waals surface area contributed by atoms with E-state index in [1.54, 1.807) is 0 Å². The fraction of sp³-hybridized carbons (Fsp3) is 0.647. The molecule has 1 aliphatic rings.